The average molecular weight is 223 g/mol. The number of hydrogen-bond acceptors (Lipinski definition) is 4. The van der Waals surface area contributed by atoms with E-state index in [4.69, 9.17) is 9.47 Å². The zero-order chi connectivity index (χ0) is 12.1. The van der Waals surface area contributed by atoms with Crippen LogP contribution in [0.4, 0.5) is 5.69 Å². The van der Waals surface area contributed by atoms with Gasteiger partial charge in [-0.05, 0) is 6.08 Å². The maximum Gasteiger partial charge on any atom is 0.247 e. The number of ether oxygens (including phenoxy) is 2. The van der Waals surface area contributed by atoms with Crippen LogP contribution in [-0.4, -0.2) is 25.2 Å². The molecule has 16 heavy (non-hydrogen) atoms. The fourth-order valence-electron chi connectivity index (χ4n) is 1.16. The molecule has 0 bridgehead atoms. The second kappa shape index (κ2) is 5.06. The Balaban J connectivity index is 3.11. The fourth-order valence-corrected chi connectivity index (χ4v) is 1.16. The molecular weight excluding hydrogens is 210 g/mol. The Kier molecular flexibility index (Phi) is 3.77. The minimum Gasteiger partial charge on any atom is -0.502 e. The first-order chi connectivity index (χ1) is 7.62. The van der Waals surface area contributed by atoms with Gasteiger partial charge in [0.25, 0.3) is 0 Å². The van der Waals surface area contributed by atoms with Crippen LogP contribution in [0.3, 0.4) is 0 Å². The highest BCUT2D eigenvalue weighted by molar-refractivity contribution is 5.99. The van der Waals surface area contributed by atoms with E-state index in [0.717, 1.165) is 6.08 Å². The molecule has 0 atom stereocenters. The van der Waals surface area contributed by atoms with Crippen LogP contribution in [0.5, 0.6) is 17.2 Å². The smallest absolute Gasteiger partial charge is 0.247 e. The van der Waals surface area contributed by atoms with Gasteiger partial charge in [-0.15, -0.1) is 0 Å². The number of phenolic OH excluding ortho intramolecular Hbond substituents is 1. The highest BCUT2D eigenvalue weighted by atomic mass is 16.5. The van der Waals surface area contributed by atoms with Crippen LogP contribution >= 0.6 is 0 Å². The van der Waals surface area contributed by atoms with E-state index in [1.165, 1.54) is 26.4 Å². The molecule has 2 N–H and O–H groups in total. The van der Waals surface area contributed by atoms with E-state index >= 15 is 0 Å². The van der Waals surface area contributed by atoms with Gasteiger partial charge in [0.2, 0.25) is 11.7 Å². The predicted octanol–water partition coefficient (Wildman–Crippen LogP) is 1.53. The normalized spacial score (nSPS) is 9.38. The van der Waals surface area contributed by atoms with Crippen molar-refractivity contribution in [3.8, 4) is 17.2 Å². The van der Waals surface area contributed by atoms with Crippen LogP contribution in [0.2, 0.25) is 0 Å². The molecule has 0 saturated heterocycles. The quantitative estimate of drug-likeness (QED) is 0.600. The van der Waals surface area contributed by atoms with Gasteiger partial charge in [0.1, 0.15) is 0 Å². The number of phenols is 1. The van der Waals surface area contributed by atoms with Gasteiger partial charge in [0, 0.05) is 17.8 Å². The molecule has 0 aliphatic carbocycles. The van der Waals surface area contributed by atoms with Gasteiger partial charge in [-0.3, -0.25) is 4.79 Å². The molecule has 5 nitrogen and oxygen atoms in total. The first-order valence-corrected chi connectivity index (χ1v) is 4.50. The third-order valence-corrected chi connectivity index (χ3v) is 1.93. The lowest BCUT2D eigenvalue weighted by Crippen LogP contribution is -2.07. The molecule has 0 saturated carbocycles. The molecule has 0 heterocycles. The van der Waals surface area contributed by atoms with Crippen molar-refractivity contribution in [2.45, 2.75) is 0 Å². The second-order valence-corrected chi connectivity index (χ2v) is 2.92. The van der Waals surface area contributed by atoms with Gasteiger partial charge < -0.3 is 19.9 Å². The summed E-state index contributed by atoms with van der Waals surface area (Å²) in [7, 11) is 2.82. The highest BCUT2D eigenvalue weighted by Crippen LogP contribution is 2.38. The van der Waals surface area contributed by atoms with Crippen LogP contribution < -0.4 is 14.8 Å². The van der Waals surface area contributed by atoms with E-state index in [9.17, 15) is 9.90 Å². The summed E-state index contributed by atoms with van der Waals surface area (Å²) in [6, 6.07) is 2.97. The Morgan fingerprint density at radius 1 is 1.38 bits per heavy atom. The average Bonchev–Trinajstić information content (AvgIpc) is 2.30. The van der Waals surface area contributed by atoms with Crippen LogP contribution in [0.25, 0.3) is 0 Å². The number of carbonyl (C=O) groups excluding carboxylic acids is 1. The summed E-state index contributed by atoms with van der Waals surface area (Å²) in [5, 5.41) is 12.2. The number of aromatic hydroxyl groups is 1. The lowest BCUT2D eigenvalue weighted by Gasteiger charge is -2.11. The Bertz CT molecular complexity index is 389. The summed E-state index contributed by atoms with van der Waals surface area (Å²) < 4.78 is 9.87. The molecule has 0 aliphatic heterocycles. The van der Waals surface area contributed by atoms with Crippen molar-refractivity contribution in [3.05, 3.63) is 24.8 Å². The number of nitrogens with one attached hydrogen (secondary N) is 1. The molecule has 1 aromatic rings. The Morgan fingerprint density at radius 2 is 1.88 bits per heavy atom. The van der Waals surface area contributed by atoms with E-state index in [1.54, 1.807) is 0 Å². The first-order valence-electron chi connectivity index (χ1n) is 4.50. The molecule has 0 fully saturated rings. The molecule has 1 amide bonds. The highest BCUT2D eigenvalue weighted by Gasteiger charge is 2.11. The molecule has 5 heteroatoms. The van der Waals surface area contributed by atoms with Gasteiger partial charge in [-0.1, -0.05) is 6.58 Å². The summed E-state index contributed by atoms with van der Waals surface area (Å²) >= 11 is 0. The Morgan fingerprint density at radius 3 is 2.25 bits per heavy atom. The fraction of sp³-hybridized carbons (Fsp3) is 0.182. The Labute approximate surface area is 93.3 Å². The van der Waals surface area contributed by atoms with Crippen LogP contribution in [0, 0.1) is 0 Å². The number of anilines is 1. The van der Waals surface area contributed by atoms with E-state index < -0.39 is 0 Å². The number of hydrogen-bond donors (Lipinski definition) is 2. The molecule has 0 spiro atoms. The van der Waals surface area contributed by atoms with Crippen molar-refractivity contribution in [2.75, 3.05) is 19.5 Å². The number of amides is 1. The molecule has 0 aromatic heterocycles. The summed E-state index contributed by atoms with van der Waals surface area (Å²) in [5.41, 5.74) is 0.455. The summed E-state index contributed by atoms with van der Waals surface area (Å²) in [6.45, 7) is 3.34. The molecule has 86 valence electrons. The summed E-state index contributed by atoms with van der Waals surface area (Å²) in [4.78, 5) is 11.1. The molecule has 0 radical (unpaired) electrons. The molecule has 0 unspecified atom stereocenters. The van der Waals surface area contributed by atoms with Crippen molar-refractivity contribution < 1.29 is 19.4 Å². The van der Waals surface area contributed by atoms with Gasteiger partial charge in [0.15, 0.2) is 11.5 Å². The van der Waals surface area contributed by atoms with E-state index in [2.05, 4.69) is 11.9 Å². The van der Waals surface area contributed by atoms with Crippen molar-refractivity contribution in [1.82, 2.24) is 0 Å². The third-order valence-electron chi connectivity index (χ3n) is 1.93. The molecule has 1 aromatic carbocycles. The second-order valence-electron chi connectivity index (χ2n) is 2.92. The van der Waals surface area contributed by atoms with E-state index in [1.807, 2.05) is 0 Å². The van der Waals surface area contributed by atoms with Gasteiger partial charge >= 0.3 is 0 Å². The van der Waals surface area contributed by atoms with Crippen molar-refractivity contribution in [2.24, 2.45) is 0 Å². The van der Waals surface area contributed by atoms with Gasteiger partial charge in [0.05, 0.1) is 14.2 Å². The number of carbonyl (C=O) groups is 1. The predicted molar refractivity (Wildman–Crippen MR) is 60.0 cm³/mol. The lowest BCUT2D eigenvalue weighted by atomic mass is 10.2. The van der Waals surface area contributed by atoms with Crippen LogP contribution in [0.1, 0.15) is 0 Å². The van der Waals surface area contributed by atoms with Crippen molar-refractivity contribution in [1.29, 1.82) is 0 Å². The topological polar surface area (TPSA) is 67.8 Å². The minimum atomic E-state index is -0.352. The minimum absolute atomic E-state index is 0.110. The van der Waals surface area contributed by atoms with E-state index in [-0.39, 0.29) is 23.2 Å². The maximum atomic E-state index is 11.1. The first kappa shape index (κ1) is 11.9. The Hall–Kier alpha value is -2.17. The summed E-state index contributed by atoms with van der Waals surface area (Å²) in [5.74, 6) is -0.0196. The number of methoxy groups -OCH3 is 2. The zero-order valence-electron chi connectivity index (χ0n) is 9.11. The van der Waals surface area contributed by atoms with Crippen molar-refractivity contribution in [3.63, 3.8) is 0 Å². The number of benzene rings is 1. The van der Waals surface area contributed by atoms with Crippen molar-refractivity contribution >= 4 is 11.6 Å². The molecule has 0 aliphatic rings. The lowest BCUT2D eigenvalue weighted by molar-refractivity contribution is -0.111. The monoisotopic (exact) mass is 223 g/mol. The van der Waals surface area contributed by atoms with Gasteiger partial charge in [-0.2, -0.15) is 0 Å². The molecule has 1 rings (SSSR count). The third kappa shape index (κ3) is 2.44. The molecular formula is C11H13NO4. The maximum absolute atomic E-state index is 11.1. The zero-order valence-corrected chi connectivity index (χ0v) is 9.11. The largest absolute Gasteiger partial charge is 0.502 e. The SMILES string of the molecule is C=CC(=O)Nc1cc(OC)c(O)c(OC)c1. The summed E-state index contributed by atoms with van der Waals surface area (Å²) in [6.07, 6.45) is 1.14. The van der Waals surface area contributed by atoms with Gasteiger partial charge in [-0.25, -0.2) is 0 Å². The standard InChI is InChI=1S/C11H13NO4/c1-4-10(13)12-7-5-8(15-2)11(14)9(6-7)16-3/h4-6,14H,1H2,2-3H3,(H,12,13). The van der Waals surface area contributed by atoms with Crippen LogP contribution in [0.15, 0.2) is 24.8 Å². The van der Waals surface area contributed by atoms with Crippen LogP contribution in [-0.2, 0) is 4.79 Å². The number of rotatable bonds is 4. The van der Waals surface area contributed by atoms with E-state index in [0.29, 0.717) is 5.69 Å².